The maximum atomic E-state index is 15.2. The highest BCUT2D eigenvalue weighted by atomic mass is 35.5. The molecular weight excluding hydrogens is 546 g/mol. The van der Waals surface area contributed by atoms with Crippen LogP contribution >= 0.6 is 11.6 Å². The van der Waals surface area contributed by atoms with Gasteiger partial charge in [-0.2, -0.15) is 4.98 Å². The van der Waals surface area contributed by atoms with Gasteiger partial charge in [0.15, 0.2) is 0 Å². The SMILES string of the molecule is CC(C)(C)OC(=O)N1CCNCC1c1cc(F)c(C(=O)Nc2nc(C(C)(CO)c3ccc(Cl)cc3)co2)c(F)c1. The molecule has 0 aliphatic carbocycles. The van der Waals surface area contributed by atoms with E-state index in [2.05, 4.69) is 15.6 Å². The highest BCUT2D eigenvalue weighted by Crippen LogP contribution is 2.33. The Kier molecular flexibility index (Phi) is 8.48. The number of ether oxygens (including phenoxy) is 1. The van der Waals surface area contributed by atoms with Crippen molar-refractivity contribution < 1.29 is 32.6 Å². The Bertz CT molecular complexity index is 1370. The molecule has 2 unspecified atom stereocenters. The number of hydrogen-bond acceptors (Lipinski definition) is 7. The lowest BCUT2D eigenvalue weighted by atomic mass is 9.81. The summed E-state index contributed by atoms with van der Waals surface area (Å²) in [6.45, 7) is 7.59. The number of nitrogens with zero attached hydrogens (tertiary/aromatic N) is 2. The highest BCUT2D eigenvalue weighted by molar-refractivity contribution is 6.30. The molecule has 0 saturated carbocycles. The van der Waals surface area contributed by atoms with Crippen molar-refractivity contribution in [2.45, 2.75) is 44.8 Å². The zero-order valence-electron chi connectivity index (χ0n) is 22.6. The van der Waals surface area contributed by atoms with Gasteiger partial charge in [0.05, 0.1) is 23.8 Å². The van der Waals surface area contributed by atoms with Gasteiger partial charge in [0, 0.05) is 24.7 Å². The van der Waals surface area contributed by atoms with Crippen LogP contribution in [0.3, 0.4) is 0 Å². The zero-order chi connectivity index (χ0) is 29.2. The van der Waals surface area contributed by atoms with Gasteiger partial charge >= 0.3 is 12.1 Å². The van der Waals surface area contributed by atoms with Crippen LogP contribution in [0.4, 0.5) is 19.6 Å². The smallest absolute Gasteiger partial charge is 0.410 e. The highest BCUT2D eigenvalue weighted by Gasteiger charge is 2.34. The summed E-state index contributed by atoms with van der Waals surface area (Å²) in [6, 6.07) is 7.83. The molecule has 1 aliphatic heterocycles. The summed E-state index contributed by atoms with van der Waals surface area (Å²) in [5.41, 5.74) is -1.42. The molecule has 2 amide bonds. The molecule has 0 radical (unpaired) electrons. The largest absolute Gasteiger partial charge is 0.444 e. The standard InChI is InChI=1S/C28H31ClF2N4O5/c1-27(2,3)40-26(38)35-10-9-32-13-21(35)16-11-19(30)23(20(31)12-16)24(37)34-25-33-22(14-39-25)28(4,15-36)17-5-7-18(29)8-6-17/h5-8,11-12,14,21,32,36H,9-10,13,15H2,1-4H3,(H,33,34,37). The molecule has 9 nitrogen and oxygen atoms in total. The van der Waals surface area contributed by atoms with Crippen LogP contribution in [0, 0.1) is 11.6 Å². The van der Waals surface area contributed by atoms with Crippen molar-refractivity contribution in [1.29, 1.82) is 0 Å². The van der Waals surface area contributed by atoms with Crippen molar-refractivity contribution in [3.8, 4) is 0 Å². The number of benzene rings is 2. The maximum Gasteiger partial charge on any atom is 0.410 e. The van der Waals surface area contributed by atoms with E-state index in [4.69, 9.17) is 20.8 Å². The van der Waals surface area contributed by atoms with E-state index < -0.39 is 46.3 Å². The second-order valence-electron chi connectivity index (χ2n) is 10.7. The molecule has 1 aliphatic rings. The maximum absolute atomic E-state index is 15.2. The molecule has 1 fully saturated rings. The molecular formula is C28H31ClF2N4O5. The molecule has 3 aromatic rings. The topological polar surface area (TPSA) is 117 Å². The van der Waals surface area contributed by atoms with E-state index in [-0.39, 0.29) is 37.0 Å². The molecule has 1 saturated heterocycles. The van der Waals surface area contributed by atoms with Crippen LogP contribution in [-0.2, 0) is 10.2 Å². The summed E-state index contributed by atoms with van der Waals surface area (Å²) in [4.78, 5) is 31.2. The van der Waals surface area contributed by atoms with E-state index in [9.17, 15) is 14.7 Å². The first-order chi connectivity index (χ1) is 18.8. The number of piperazine rings is 1. The fourth-order valence-electron chi connectivity index (χ4n) is 4.43. The van der Waals surface area contributed by atoms with Crippen molar-refractivity contribution in [1.82, 2.24) is 15.2 Å². The van der Waals surface area contributed by atoms with Crippen molar-refractivity contribution in [2.24, 2.45) is 0 Å². The molecule has 2 heterocycles. The number of aliphatic hydroxyl groups excluding tert-OH is 1. The van der Waals surface area contributed by atoms with Crippen LogP contribution < -0.4 is 10.6 Å². The summed E-state index contributed by atoms with van der Waals surface area (Å²) in [7, 11) is 0. The molecule has 2 atom stereocenters. The fourth-order valence-corrected chi connectivity index (χ4v) is 4.55. The molecule has 0 bridgehead atoms. The first-order valence-electron chi connectivity index (χ1n) is 12.7. The molecule has 0 spiro atoms. The van der Waals surface area contributed by atoms with Gasteiger partial charge in [0.2, 0.25) is 0 Å². The van der Waals surface area contributed by atoms with Crippen LogP contribution in [0.1, 0.15) is 60.9 Å². The van der Waals surface area contributed by atoms with Crippen LogP contribution in [0.2, 0.25) is 5.02 Å². The van der Waals surface area contributed by atoms with Gasteiger partial charge in [-0.15, -0.1) is 0 Å². The minimum absolute atomic E-state index is 0.171. The van der Waals surface area contributed by atoms with Gasteiger partial charge in [0.1, 0.15) is 29.1 Å². The van der Waals surface area contributed by atoms with E-state index in [1.54, 1.807) is 52.0 Å². The normalized spacial score (nSPS) is 17.3. The van der Waals surface area contributed by atoms with Gasteiger partial charge in [-0.25, -0.2) is 13.6 Å². The van der Waals surface area contributed by atoms with E-state index in [1.807, 2.05) is 0 Å². The van der Waals surface area contributed by atoms with Crippen molar-refractivity contribution in [3.63, 3.8) is 0 Å². The van der Waals surface area contributed by atoms with Crippen LogP contribution in [0.15, 0.2) is 47.1 Å². The second kappa shape index (κ2) is 11.5. The number of oxazole rings is 1. The number of carbonyl (C=O) groups excluding carboxylic acids is 2. The molecule has 1 aromatic heterocycles. The number of hydrogen-bond donors (Lipinski definition) is 3. The quantitative estimate of drug-likeness (QED) is 0.376. The van der Waals surface area contributed by atoms with Crippen molar-refractivity contribution >= 4 is 29.6 Å². The number of aliphatic hydroxyl groups is 1. The van der Waals surface area contributed by atoms with E-state index >= 15 is 8.78 Å². The summed E-state index contributed by atoms with van der Waals surface area (Å²) in [6.07, 6.45) is 0.646. The average molecular weight is 577 g/mol. The average Bonchev–Trinajstić information content (AvgIpc) is 3.36. The van der Waals surface area contributed by atoms with Gasteiger partial charge in [0.25, 0.3) is 5.91 Å². The van der Waals surface area contributed by atoms with E-state index in [0.29, 0.717) is 17.1 Å². The predicted octanol–water partition coefficient (Wildman–Crippen LogP) is 5.04. The summed E-state index contributed by atoms with van der Waals surface area (Å²) in [5.74, 6) is -3.34. The minimum Gasteiger partial charge on any atom is -0.444 e. The zero-order valence-corrected chi connectivity index (χ0v) is 23.3. The van der Waals surface area contributed by atoms with Crippen LogP contribution in [0.25, 0.3) is 0 Å². The summed E-state index contributed by atoms with van der Waals surface area (Å²) in [5, 5.41) is 16.0. The monoisotopic (exact) mass is 576 g/mol. The fraction of sp³-hybridized carbons (Fsp3) is 0.393. The van der Waals surface area contributed by atoms with Gasteiger partial charge in [-0.05, 0) is 63.1 Å². The van der Waals surface area contributed by atoms with E-state index in [0.717, 1.165) is 12.1 Å². The van der Waals surface area contributed by atoms with Crippen LogP contribution in [-0.4, -0.2) is 58.8 Å². The minimum atomic E-state index is -1.12. The number of carbonyl (C=O) groups is 2. The van der Waals surface area contributed by atoms with Crippen LogP contribution in [0.5, 0.6) is 0 Å². The second-order valence-corrected chi connectivity index (χ2v) is 11.2. The lowest BCUT2D eigenvalue weighted by molar-refractivity contribution is 0.0117. The Morgan fingerprint density at radius 2 is 1.85 bits per heavy atom. The lowest BCUT2D eigenvalue weighted by Gasteiger charge is -2.37. The molecule has 12 heteroatoms. The molecule has 214 valence electrons. The third-order valence-corrected chi connectivity index (χ3v) is 6.89. The number of amides is 2. The Morgan fingerprint density at radius 3 is 2.45 bits per heavy atom. The lowest BCUT2D eigenvalue weighted by Crippen LogP contribution is -2.50. The third-order valence-electron chi connectivity index (χ3n) is 6.64. The van der Waals surface area contributed by atoms with Gasteiger partial charge in [-0.1, -0.05) is 23.7 Å². The number of rotatable bonds is 6. The summed E-state index contributed by atoms with van der Waals surface area (Å²) < 4.78 is 41.1. The van der Waals surface area contributed by atoms with Crippen molar-refractivity contribution in [2.75, 3.05) is 31.6 Å². The Balaban J connectivity index is 1.54. The number of anilines is 1. The number of halogens is 3. The van der Waals surface area contributed by atoms with E-state index in [1.165, 1.54) is 11.2 Å². The Morgan fingerprint density at radius 1 is 1.20 bits per heavy atom. The molecule has 3 N–H and O–H groups in total. The predicted molar refractivity (Wildman–Crippen MR) is 144 cm³/mol. The third kappa shape index (κ3) is 6.27. The number of aromatic nitrogens is 1. The van der Waals surface area contributed by atoms with Gasteiger partial charge in [-0.3, -0.25) is 15.0 Å². The molecule has 2 aromatic carbocycles. The Labute approximate surface area is 235 Å². The first kappa shape index (κ1) is 29.4. The van der Waals surface area contributed by atoms with Crippen molar-refractivity contribution in [3.05, 3.63) is 81.7 Å². The molecule has 40 heavy (non-hydrogen) atoms. The first-order valence-corrected chi connectivity index (χ1v) is 13.0. The molecule has 4 rings (SSSR count). The Hall–Kier alpha value is -3.54. The number of nitrogens with one attached hydrogen (secondary N) is 2. The van der Waals surface area contributed by atoms with Gasteiger partial charge < -0.3 is 19.6 Å². The summed E-state index contributed by atoms with van der Waals surface area (Å²) >= 11 is 5.96.